The largest absolute Gasteiger partial charge is 0.392 e. The quantitative estimate of drug-likeness (QED) is 0.664. The third kappa shape index (κ3) is 1.99. The van der Waals surface area contributed by atoms with Crippen LogP contribution in [-0.2, 0) is 6.61 Å². The molecule has 0 saturated carbocycles. The predicted octanol–water partition coefficient (Wildman–Crippen LogP) is 3.88. The number of H-pyrrole nitrogens is 1. The smallest absolute Gasteiger partial charge is 0.187 e. The van der Waals surface area contributed by atoms with Gasteiger partial charge < -0.3 is 10.1 Å². The normalized spacial score (nSPS) is 10.5. The molecule has 92 valence electrons. The van der Waals surface area contributed by atoms with Crippen molar-refractivity contribution in [2.75, 3.05) is 0 Å². The second kappa shape index (κ2) is 4.60. The van der Waals surface area contributed by atoms with Gasteiger partial charge in [-0.05, 0) is 29.1 Å². The average Bonchev–Trinajstić information content (AvgIpc) is 2.89. The zero-order valence-corrected chi connectivity index (χ0v) is 10.2. The predicted molar refractivity (Wildman–Crippen MR) is 75.9 cm³/mol. The van der Waals surface area contributed by atoms with Crippen LogP contribution in [-0.4, -0.2) is 10.1 Å². The van der Waals surface area contributed by atoms with Gasteiger partial charge in [0.1, 0.15) is 0 Å². The summed E-state index contributed by atoms with van der Waals surface area (Å²) in [7, 11) is 0. The lowest BCUT2D eigenvalue weighted by Gasteiger charge is -2.04. The van der Waals surface area contributed by atoms with E-state index in [-0.39, 0.29) is 6.61 Å². The molecule has 0 aliphatic rings. The minimum atomic E-state index is 0.0127. The van der Waals surface area contributed by atoms with Crippen LogP contribution in [0.25, 0.3) is 27.0 Å². The lowest BCUT2D eigenvalue weighted by molar-refractivity contribution is 0.282. The Morgan fingerprint density at radius 1 is 1.11 bits per heavy atom. The number of aliphatic hydroxyl groups is 1. The Morgan fingerprint density at radius 2 is 1.95 bits per heavy atom. The molecule has 3 aromatic rings. The van der Waals surface area contributed by atoms with E-state index < -0.39 is 0 Å². The molecule has 2 N–H and O–H groups in total. The maximum atomic E-state index is 9.38. The van der Waals surface area contributed by atoms with E-state index in [9.17, 15) is 5.11 Å². The Kier molecular flexibility index (Phi) is 2.79. The number of aliphatic hydroxyl groups excluding tert-OH is 1. The van der Waals surface area contributed by atoms with Gasteiger partial charge in [-0.25, -0.2) is 4.85 Å². The molecule has 0 amide bonds. The molecule has 3 nitrogen and oxygen atoms in total. The third-order valence-corrected chi connectivity index (χ3v) is 3.21. The monoisotopic (exact) mass is 248 g/mol. The van der Waals surface area contributed by atoms with Crippen molar-refractivity contribution < 1.29 is 5.11 Å². The Hall–Kier alpha value is -2.57. The second-order valence-corrected chi connectivity index (χ2v) is 4.38. The van der Waals surface area contributed by atoms with Crippen LogP contribution in [0.3, 0.4) is 0 Å². The van der Waals surface area contributed by atoms with Crippen LogP contribution in [0.1, 0.15) is 5.56 Å². The highest BCUT2D eigenvalue weighted by molar-refractivity contribution is 5.89. The minimum Gasteiger partial charge on any atom is -0.392 e. The van der Waals surface area contributed by atoms with E-state index in [2.05, 4.69) is 9.83 Å². The van der Waals surface area contributed by atoms with E-state index in [0.29, 0.717) is 5.69 Å². The van der Waals surface area contributed by atoms with Crippen molar-refractivity contribution in [3.63, 3.8) is 0 Å². The van der Waals surface area contributed by atoms with Gasteiger partial charge in [0.2, 0.25) is 0 Å². The molecule has 1 heterocycles. The third-order valence-electron chi connectivity index (χ3n) is 3.21. The van der Waals surface area contributed by atoms with E-state index in [1.807, 2.05) is 42.5 Å². The first kappa shape index (κ1) is 11.5. The van der Waals surface area contributed by atoms with Gasteiger partial charge in [-0.1, -0.05) is 30.3 Å². The first-order valence-electron chi connectivity index (χ1n) is 6.01. The van der Waals surface area contributed by atoms with E-state index in [1.165, 1.54) is 0 Å². The summed E-state index contributed by atoms with van der Waals surface area (Å²) in [5.41, 5.74) is 4.47. The van der Waals surface area contributed by atoms with Crippen LogP contribution in [0.15, 0.2) is 48.5 Å². The first-order chi connectivity index (χ1) is 9.31. The first-order valence-corrected chi connectivity index (χ1v) is 6.01. The lowest BCUT2D eigenvalue weighted by atomic mass is 10.1. The molecule has 3 heteroatoms. The van der Waals surface area contributed by atoms with Crippen molar-refractivity contribution in [1.29, 1.82) is 0 Å². The Labute approximate surface area is 111 Å². The van der Waals surface area contributed by atoms with Crippen LogP contribution in [0, 0.1) is 6.57 Å². The summed E-state index contributed by atoms with van der Waals surface area (Å²) in [4.78, 5) is 6.76. The maximum Gasteiger partial charge on any atom is 0.187 e. The maximum absolute atomic E-state index is 9.38. The second-order valence-electron chi connectivity index (χ2n) is 4.38. The molecule has 0 radical (unpaired) electrons. The van der Waals surface area contributed by atoms with Crippen molar-refractivity contribution >= 4 is 16.6 Å². The van der Waals surface area contributed by atoms with Crippen molar-refractivity contribution in [2.45, 2.75) is 6.61 Å². The fourth-order valence-electron chi connectivity index (χ4n) is 2.26. The van der Waals surface area contributed by atoms with Crippen LogP contribution in [0.4, 0.5) is 5.69 Å². The van der Waals surface area contributed by atoms with Crippen molar-refractivity contribution in [2.24, 2.45) is 0 Å². The highest BCUT2D eigenvalue weighted by Crippen LogP contribution is 2.29. The van der Waals surface area contributed by atoms with Crippen molar-refractivity contribution in [1.82, 2.24) is 4.98 Å². The molecule has 0 aliphatic carbocycles. The van der Waals surface area contributed by atoms with Gasteiger partial charge in [0.05, 0.1) is 13.2 Å². The topological polar surface area (TPSA) is 40.4 Å². The van der Waals surface area contributed by atoms with Gasteiger partial charge in [0.15, 0.2) is 5.69 Å². The number of aromatic nitrogens is 1. The lowest BCUT2D eigenvalue weighted by Crippen LogP contribution is -1.88. The van der Waals surface area contributed by atoms with Crippen molar-refractivity contribution in [3.05, 3.63) is 65.5 Å². The van der Waals surface area contributed by atoms with Crippen LogP contribution in [0.5, 0.6) is 0 Å². The molecule has 1 aromatic heterocycles. The SMILES string of the molecule is [C-]#[N+]c1ccc2[nH]c(-c3ccccc3CO)cc2c1. The number of benzene rings is 2. The van der Waals surface area contributed by atoms with Crippen molar-refractivity contribution in [3.8, 4) is 11.3 Å². The number of rotatable bonds is 2. The van der Waals surface area contributed by atoms with E-state index in [4.69, 9.17) is 6.57 Å². The summed E-state index contributed by atoms with van der Waals surface area (Å²) in [5.74, 6) is 0. The minimum absolute atomic E-state index is 0.0127. The van der Waals surface area contributed by atoms with E-state index in [1.54, 1.807) is 6.07 Å². The van der Waals surface area contributed by atoms with Gasteiger partial charge in [-0.15, -0.1) is 0 Å². The fraction of sp³-hybridized carbons (Fsp3) is 0.0625. The molecule has 2 aromatic carbocycles. The van der Waals surface area contributed by atoms with Crippen LogP contribution >= 0.6 is 0 Å². The van der Waals surface area contributed by atoms with E-state index >= 15 is 0 Å². The zero-order chi connectivity index (χ0) is 13.2. The Balaban J connectivity index is 2.18. The van der Waals surface area contributed by atoms with Gasteiger partial charge in [0.25, 0.3) is 0 Å². The molecule has 0 aliphatic heterocycles. The molecule has 0 saturated heterocycles. The summed E-state index contributed by atoms with van der Waals surface area (Å²) in [6, 6.07) is 15.3. The summed E-state index contributed by atoms with van der Waals surface area (Å²) in [6.07, 6.45) is 0. The number of nitrogens with zero attached hydrogens (tertiary/aromatic N) is 1. The fourth-order valence-corrected chi connectivity index (χ4v) is 2.26. The molecule has 0 atom stereocenters. The van der Waals surface area contributed by atoms with E-state index in [0.717, 1.165) is 27.7 Å². The number of nitrogens with one attached hydrogen (secondary N) is 1. The van der Waals surface area contributed by atoms with Gasteiger partial charge in [0, 0.05) is 16.8 Å². The molecule has 0 fully saturated rings. The van der Waals surface area contributed by atoms with Gasteiger partial charge in [-0.2, -0.15) is 0 Å². The molecule has 0 unspecified atom stereocenters. The molecule has 3 rings (SSSR count). The summed E-state index contributed by atoms with van der Waals surface area (Å²) >= 11 is 0. The standard InChI is InChI=1S/C16H12N2O/c1-17-13-6-7-15-12(8-13)9-16(18-15)14-5-3-2-4-11(14)10-19/h2-9,18-19H,10H2. The summed E-state index contributed by atoms with van der Waals surface area (Å²) in [5, 5.41) is 10.4. The number of fused-ring (bicyclic) bond motifs is 1. The highest BCUT2D eigenvalue weighted by atomic mass is 16.3. The zero-order valence-electron chi connectivity index (χ0n) is 10.2. The highest BCUT2D eigenvalue weighted by Gasteiger charge is 2.07. The summed E-state index contributed by atoms with van der Waals surface area (Å²) < 4.78 is 0. The Morgan fingerprint density at radius 3 is 2.74 bits per heavy atom. The van der Waals surface area contributed by atoms with Gasteiger partial charge in [-0.3, -0.25) is 0 Å². The summed E-state index contributed by atoms with van der Waals surface area (Å²) in [6.45, 7) is 7.05. The average molecular weight is 248 g/mol. The number of hydrogen-bond acceptors (Lipinski definition) is 1. The van der Waals surface area contributed by atoms with Crippen LogP contribution < -0.4 is 0 Å². The van der Waals surface area contributed by atoms with Crippen LogP contribution in [0.2, 0.25) is 0 Å². The molecular formula is C16H12N2O. The molecule has 0 spiro atoms. The molecule has 19 heavy (non-hydrogen) atoms. The Bertz CT molecular complexity index is 781. The molecular weight excluding hydrogens is 236 g/mol. The number of aromatic amines is 1. The van der Waals surface area contributed by atoms with Gasteiger partial charge >= 0.3 is 0 Å². The molecule has 0 bridgehead atoms. The number of hydrogen-bond donors (Lipinski definition) is 2.